The molecule has 0 aliphatic rings. The Labute approximate surface area is 448 Å². The molecule has 65 heavy (non-hydrogen) atoms. The summed E-state index contributed by atoms with van der Waals surface area (Å²) >= 11 is 14.4. The number of nitrogens with zero attached hydrogens (tertiary/aromatic N) is 4. The quantitative estimate of drug-likeness (QED) is 0.0529. The number of benzene rings is 3. The van der Waals surface area contributed by atoms with Gasteiger partial charge in [-0.2, -0.15) is 0 Å². The number of rotatable bonds is 16. The Bertz CT molecular complexity index is 1670. The summed E-state index contributed by atoms with van der Waals surface area (Å²) < 4.78 is 9.15. The molecule has 3 rings (SSSR count). The second kappa shape index (κ2) is 51.1. The van der Waals surface area contributed by atoms with Gasteiger partial charge in [-0.05, 0) is 55.2 Å². The Morgan fingerprint density at radius 1 is 0.523 bits per heavy atom. The SMILES string of the molecule is CC(=O)[O-].CC(=O)[O-].CC(=O)[O-].CO.CO.COc1cccc(/C=N/OCCO/N=C/c2ccc(/C=N/OCCO/N=C/c3cccc(OC)c3[O-])c([O-])c2[O-])c1[O-].ClC(Cl)Cl.[Sm+3].[Zn+2].[Zn+2]. The third-order valence-electron chi connectivity index (χ3n) is 5.23. The van der Waals surface area contributed by atoms with Crippen LogP contribution in [0.2, 0.25) is 0 Å². The van der Waals surface area contributed by atoms with Gasteiger partial charge in [-0.15, -0.1) is 11.5 Å². The van der Waals surface area contributed by atoms with E-state index in [1.807, 2.05) is 0 Å². The van der Waals surface area contributed by atoms with E-state index in [0.717, 1.165) is 47.4 Å². The van der Waals surface area contributed by atoms with Crippen molar-refractivity contribution >= 4 is 77.6 Å². The third-order valence-corrected chi connectivity index (χ3v) is 5.23. The zero-order valence-electron chi connectivity index (χ0n) is 36.0. The van der Waals surface area contributed by atoms with Crippen molar-refractivity contribution in [1.82, 2.24) is 0 Å². The van der Waals surface area contributed by atoms with Gasteiger partial charge in [-0.25, -0.2) is 0 Å². The molecule has 0 aliphatic heterocycles. The van der Waals surface area contributed by atoms with E-state index in [1.54, 1.807) is 36.4 Å². The minimum absolute atomic E-state index is 0. The van der Waals surface area contributed by atoms with E-state index in [1.165, 1.54) is 38.8 Å². The molecular formula is C37H44Cl3N4O18SmZn2. The van der Waals surface area contributed by atoms with Crippen LogP contribution in [0, 0.1) is 40.4 Å². The number of carboxylic acid groups (broad SMARTS) is 3. The average Bonchev–Trinajstić information content (AvgIpc) is 3.21. The van der Waals surface area contributed by atoms with Gasteiger partial charge in [0, 0.05) is 32.1 Å². The Hall–Kier alpha value is -3.88. The first kappa shape index (κ1) is 75.4. The molecule has 0 fully saturated rings. The van der Waals surface area contributed by atoms with E-state index in [9.17, 15) is 20.4 Å². The van der Waals surface area contributed by atoms with Gasteiger partial charge in [0.2, 0.25) is 0 Å². The van der Waals surface area contributed by atoms with Gasteiger partial charge in [0.25, 0.3) is 0 Å². The predicted molar refractivity (Wildman–Crippen MR) is 214 cm³/mol. The number of methoxy groups -OCH3 is 2. The van der Waals surface area contributed by atoms with Gasteiger partial charge in [-0.1, -0.05) is 103 Å². The van der Waals surface area contributed by atoms with Crippen molar-refractivity contribution in [2.24, 2.45) is 20.6 Å². The van der Waals surface area contributed by atoms with Crippen molar-refractivity contribution in [2.45, 2.75) is 25.1 Å². The van der Waals surface area contributed by atoms with Crippen molar-refractivity contribution in [3.8, 4) is 34.5 Å². The van der Waals surface area contributed by atoms with Gasteiger partial charge in [0.05, 0.1) is 39.1 Å². The van der Waals surface area contributed by atoms with E-state index < -0.39 is 33.7 Å². The first-order chi connectivity index (χ1) is 29.4. The normalized spacial score (nSPS) is 9.31. The minimum Gasteiger partial charge on any atom is -0.872 e. The molecule has 0 spiro atoms. The molecule has 28 heteroatoms. The summed E-state index contributed by atoms with van der Waals surface area (Å²) in [4.78, 5) is 46.7. The summed E-state index contributed by atoms with van der Waals surface area (Å²) in [6.07, 6.45) is 4.71. The monoisotopic (exact) mass is 1220 g/mol. The van der Waals surface area contributed by atoms with Crippen LogP contribution >= 0.6 is 34.8 Å². The Morgan fingerprint density at radius 3 is 0.923 bits per heavy atom. The molecular weight excluding hydrogens is 1180 g/mol. The van der Waals surface area contributed by atoms with Crippen LogP contribution < -0.4 is 45.2 Å². The number of hydrogen-bond acceptors (Lipinski definition) is 22. The molecule has 22 nitrogen and oxygen atoms in total. The molecule has 0 aliphatic carbocycles. The van der Waals surface area contributed by atoms with Gasteiger partial charge < -0.3 is 89.2 Å². The van der Waals surface area contributed by atoms with E-state index in [2.05, 4.69) is 20.6 Å². The predicted octanol–water partition coefficient (Wildman–Crippen LogP) is -1.73. The minimum atomic E-state index is -1.08. The van der Waals surface area contributed by atoms with E-state index in [0.29, 0.717) is 11.1 Å². The molecule has 0 bridgehead atoms. The number of carbonyl (C=O) groups is 3. The number of aliphatic hydroxyl groups excluding tert-OH is 2. The van der Waals surface area contributed by atoms with Crippen LogP contribution in [0.4, 0.5) is 0 Å². The smallest absolute Gasteiger partial charge is 0.872 e. The molecule has 3 aromatic rings. The number of oxime groups is 4. The van der Waals surface area contributed by atoms with E-state index in [4.69, 9.17) is 104 Å². The molecule has 1 radical (unpaired) electrons. The number of carbonyl (C=O) groups excluding carboxylic acids is 3. The number of alkyl halides is 3. The van der Waals surface area contributed by atoms with Crippen LogP contribution in [-0.2, 0) is 72.7 Å². The van der Waals surface area contributed by atoms with E-state index in [-0.39, 0.29) is 140 Å². The standard InChI is InChI=1S/C28H30N4O10.3C2H4O2.CHCl3.2CH4O.Sm.2Zn/c1-37-23-7-3-5-19(25(23)33)15-29-39-11-13-41-31-17-21-9-10-22(28(36)27(21)35)18-32-42-14-12-40-30-16-20-6-4-8-24(38-2)26(20)34;3*1-2(3)4;2-1(3)4;2*1-2;;;/h3-10,15-18,33-36H,11-14H2,1-2H3;3*1H3,(H,3,4);1H;2*2H,1H3;;;/q;;;;;;;+3;2*+2/p-7/b29-15+,30-16+,31-17+,32-18+;;;;;;;;;. The Kier molecular flexibility index (Phi) is 59.3. The molecule has 0 saturated carbocycles. The summed E-state index contributed by atoms with van der Waals surface area (Å²) in [5.74, 6) is -5.09. The molecule has 3 aromatic carbocycles. The summed E-state index contributed by atoms with van der Waals surface area (Å²) in [7, 11) is 4.79. The number of para-hydroxylation sites is 2. The summed E-state index contributed by atoms with van der Waals surface area (Å²) in [5, 5.41) is 104. The number of aliphatic carboxylic acids is 3. The fourth-order valence-electron chi connectivity index (χ4n) is 3.12. The topological polar surface area (TPSA) is 358 Å². The number of hydrogen-bond donors (Lipinski definition) is 2. The Balaban J connectivity index is -0.000000248. The largest absolute Gasteiger partial charge is 3.00 e. The molecule has 0 atom stereocenters. The van der Waals surface area contributed by atoms with Crippen molar-refractivity contribution in [1.29, 1.82) is 0 Å². The number of ether oxygens (including phenoxy) is 2. The molecule has 0 aromatic heterocycles. The molecule has 2 N–H and O–H groups in total. The molecule has 0 amide bonds. The maximum absolute atomic E-state index is 12.3. The van der Waals surface area contributed by atoms with Crippen molar-refractivity contribution in [3.05, 3.63) is 70.8 Å². The second-order valence-electron chi connectivity index (χ2n) is 9.65. The second-order valence-corrected chi connectivity index (χ2v) is 11.6. The van der Waals surface area contributed by atoms with Gasteiger partial charge in [0.15, 0.2) is 30.7 Å². The maximum atomic E-state index is 12.3. The zero-order valence-corrected chi connectivity index (χ0v) is 46.8. The third kappa shape index (κ3) is 45.1. The summed E-state index contributed by atoms with van der Waals surface area (Å²) in [5.41, 5.74) is 0.624. The van der Waals surface area contributed by atoms with Crippen LogP contribution in [0.25, 0.3) is 0 Å². The van der Waals surface area contributed by atoms with E-state index >= 15 is 0 Å². The number of carboxylic acids is 3. The summed E-state index contributed by atoms with van der Waals surface area (Å²) in [6.45, 7) is 2.93. The van der Waals surface area contributed by atoms with Crippen LogP contribution in [0.5, 0.6) is 34.5 Å². The number of aliphatic hydroxyl groups is 2. The van der Waals surface area contributed by atoms with Crippen LogP contribution in [0.3, 0.4) is 0 Å². The first-order valence-corrected chi connectivity index (χ1v) is 17.8. The Morgan fingerprint density at radius 2 is 0.723 bits per heavy atom. The van der Waals surface area contributed by atoms with Gasteiger partial charge in [0.1, 0.15) is 11.5 Å². The fraction of sp³-hybridized carbons (Fsp3) is 0.324. The summed E-state index contributed by atoms with van der Waals surface area (Å²) in [6, 6.07) is 12.3. The van der Waals surface area contributed by atoms with Crippen LogP contribution in [-0.4, -0.2) is 112 Å². The molecule has 0 heterocycles. The molecule has 351 valence electrons. The maximum Gasteiger partial charge on any atom is 3.00 e. The van der Waals surface area contributed by atoms with Crippen LogP contribution in [0.1, 0.15) is 43.0 Å². The number of halogens is 3. The van der Waals surface area contributed by atoms with Gasteiger partial charge in [-0.3, -0.25) is 0 Å². The van der Waals surface area contributed by atoms with Crippen molar-refractivity contribution < 1.29 is 169 Å². The average molecular weight is 1220 g/mol. The fourth-order valence-corrected chi connectivity index (χ4v) is 3.12. The van der Waals surface area contributed by atoms with Crippen molar-refractivity contribution in [3.63, 3.8) is 0 Å². The molecule has 0 saturated heterocycles. The van der Waals surface area contributed by atoms with Crippen molar-refractivity contribution in [2.75, 3.05) is 54.9 Å². The first-order valence-electron chi connectivity index (χ1n) is 16.5. The van der Waals surface area contributed by atoms with Crippen LogP contribution in [0.15, 0.2) is 69.2 Å². The van der Waals surface area contributed by atoms with Gasteiger partial charge >= 0.3 is 79.3 Å². The molecule has 0 unspecified atom stereocenters. The zero-order chi connectivity index (χ0) is 48.5.